The van der Waals surface area contributed by atoms with E-state index in [9.17, 15) is 0 Å². The average Bonchev–Trinajstić information content (AvgIpc) is 3.26. The molecule has 0 amide bonds. The third-order valence-corrected chi connectivity index (χ3v) is 6.18. The molecule has 0 aliphatic carbocycles. The monoisotopic (exact) mass is 351 g/mol. The van der Waals surface area contributed by atoms with Gasteiger partial charge in [0.05, 0.1) is 29.1 Å². The van der Waals surface area contributed by atoms with E-state index in [2.05, 4.69) is 74.7 Å². The molecule has 5 nitrogen and oxygen atoms in total. The van der Waals surface area contributed by atoms with Gasteiger partial charge in [0.1, 0.15) is 5.82 Å². The standard InChI is InChI=1S/C19H27B2N3O2/c1-18(2)19(3,4)26-21(25-18)14-9-7-13(8-10-14)15-12-22-17(23-15)16-6-5-11-24(16)20/h7-10,12,16H,5-6,11,20H2,1-4H3,(H,22,23)/t16-/m0/s1. The van der Waals surface area contributed by atoms with Crippen molar-refractivity contribution in [1.29, 1.82) is 0 Å². The Morgan fingerprint density at radius 1 is 1.15 bits per heavy atom. The van der Waals surface area contributed by atoms with Gasteiger partial charge >= 0.3 is 7.12 Å². The average molecular weight is 351 g/mol. The van der Waals surface area contributed by atoms with E-state index < -0.39 is 0 Å². The predicted octanol–water partition coefficient (Wildman–Crippen LogP) is 2.06. The van der Waals surface area contributed by atoms with Gasteiger partial charge in [0.25, 0.3) is 0 Å². The summed E-state index contributed by atoms with van der Waals surface area (Å²) in [6.07, 6.45) is 4.34. The molecule has 0 bridgehead atoms. The maximum atomic E-state index is 6.13. The lowest BCUT2D eigenvalue weighted by molar-refractivity contribution is 0.00578. The highest BCUT2D eigenvalue weighted by atomic mass is 16.7. The van der Waals surface area contributed by atoms with Gasteiger partial charge in [-0.1, -0.05) is 24.3 Å². The van der Waals surface area contributed by atoms with Gasteiger partial charge in [0.15, 0.2) is 7.98 Å². The minimum atomic E-state index is -0.321. The fraction of sp³-hybridized carbons (Fsp3) is 0.526. The lowest BCUT2D eigenvalue weighted by Gasteiger charge is -2.32. The molecular weight excluding hydrogens is 324 g/mol. The van der Waals surface area contributed by atoms with Crippen LogP contribution in [0.2, 0.25) is 0 Å². The van der Waals surface area contributed by atoms with E-state index in [1.165, 1.54) is 12.8 Å². The summed E-state index contributed by atoms with van der Waals surface area (Å²) in [5.41, 5.74) is 2.59. The smallest absolute Gasteiger partial charge is 0.399 e. The highest BCUT2D eigenvalue weighted by molar-refractivity contribution is 6.62. The molecule has 7 heteroatoms. The zero-order valence-corrected chi connectivity index (χ0v) is 16.4. The molecule has 1 aromatic carbocycles. The highest BCUT2D eigenvalue weighted by Gasteiger charge is 2.51. The van der Waals surface area contributed by atoms with Crippen molar-refractivity contribution in [3.63, 3.8) is 0 Å². The molecule has 1 N–H and O–H groups in total. The Morgan fingerprint density at radius 3 is 2.38 bits per heavy atom. The maximum absolute atomic E-state index is 6.13. The van der Waals surface area contributed by atoms with Crippen LogP contribution in [0.1, 0.15) is 52.4 Å². The van der Waals surface area contributed by atoms with E-state index in [0.29, 0.717) is 6.04 Å². The second-order valence-corrected chi connectivity index (χ2v) is 8.53. The first-order valence-corrected chi connectivity index (χ1v) is 9.48. The number of aromatic nitrogens is 2. The molecule has 3 heterocycles. The van der Waals surface area contributed by atoms with Crippen molar-refractivity contribution in [3.05, 3.63) is 36.3 Å². The van der Waals surface area contributed by atoms with E-state index in [4.69, 9.17) is 9.31 Å². The Bertz CT molecular complexity index is 772. The van der Waals surface area contributed by atoms with Gasteiger partial charge in [-0.3, -0.25) is 0 Å². The summed E-state index contributed by atoms with van der Waals surface area (Å²) in [4.78, 5) is 10.5. The van der Waals surface area contributed by atoms with Crippen LogP contribution in [0.3, 0.4) is 0 Å². The van der Waals surface area contributed by atoms with E-state index in [-0.39, 0.29) is 18.3 Å². The normalized spacial score (nSPS) is 25.1. The first-order valence-electron chi connectivity index (χ1n) is 9.48. The Balaban J connectivity index is 1.51. The number of hydrogen-bond donors (Lipinski definition) is 1. The molecule has 0 saturated carbocycles. The van der Waals surface area contributed by atoms with Crippen molar-refractivity contribution in [2.75, 3.05) is 6.54 Å². The van der Waals surface area contributed by atoms with E-state index in [0.717, 1.165) is 29.1 Å². The third-order valence-electron chi connectivity index (χ3n) is 6.18. The summed E-state index contributed by atoms with van der Waals surface area (Å²) in [6, 6.07) is 8.79. The molecule has 2 aliphatic heterocycles. The Morgan fingerprint density at radius 2 is 1.81 bits per heavy atom. The van der Waals surface area contributed by atoms with Crippen LogP contribution in [-0.2, 0) is 9.31 Å². The van der Waals surface area contributed by atoms with Crippen LogP contribution in [0.5, 0.6) is 0 Å². The number of H-pyrrole nitrogens is 1. The topological polar surface area (TPSA) is 50.4 Å². The lowest BCUT2D eigenvalue weighted by Crippen LogP contribution is -2.41. The van der Waals surface area contributed by atoms with Crippen LogP contribution in [-0.4, -0.2) is 47.6 Å². The van der Waals surface area contributed by atoms with Gasteiger partial charge in [-0.05, 0) is 58.1 Å². The number of nitrogens with one attached hydrogen (secondary N) is 1. The fourth-order valence-electron chi connectivity index (χ4n) is 3.71. The molecule has 0 spiro atoms. The Kier molecular flexibility index (Phi) is 4.29. The Labute approximate surface area is 157 Å². The molecule has 1 atom stereocenters. The number of benzene rings is 1. The van der Waals surface area contributed by atoms with Gasteiger partial charge in [0.2, 0.25) is 0 Å². The Hall–Kier alpha value is -1.56. The molecule has 2 aromatic rings. The van der Waals surface area contributed by atoms with Crippen molar-refractivity contribution in [2.24, 2.45) is 0 Å². The summed E-state index contributed by atoms with van der Waals surface area (Å²) in [5, 5.41) is 0. The minimum absolute atomic E-state index is 0.318. The van der Waals surface area contributed by atoms with Crippen LogP contribution in [0.4, 0.5) is 0 Å². The molecule has 0 radical (unpaired) electrons. The van der Waals surface area contributed by atoms with E-state index in [1.807, 2.05) is 6.20 Å². The first kappa shape index (κ1) is 17.8. The number of hydrogen-bond acceptors (Lipinski definition) is 4. The van der Waals surface area contributed by atoms with Gasteiger partial charge in [-0.2, -0.15) is 0 Å². The SMILES string of the molecule is BN1CCC[C@H]1c1ncc(-c2ccc(B3OC(C)(C)C(C)(C)O3)cc2)[nH]1. The molecule has 2 fully saturated rings. The number of aromatic amines is 1. The zero-order chi connectivity index (χ0) is 18.5. The second-order valence-electron chi connectivity index (χ2n) is 8.53. The summed E-state index contributed by atoms with van der Waals surface area (Å²) in [7, 11) is 1.85. The van der Waals surface area contributed by atoms with Crippen LogP contribution < -0.4 is 5.46 Å². The van der Waals surface area contributed by atoms with Crippen molar-refractivity contribution in [3.8, 4) is 11.3 Å². The van der Waals surface area contributed by atoms with Crippen LogP contribution >= 0.6 is 0 Å². The van der Waals surface area contributed by atoms with Gasteiger partial charge in [0, 0.05) is 0 Å². The van der Waals surface area contributed by atoms with Crippen molar-refractivity contribution >= 4 is 20.6 Å². The minimum Gasteiger partial charge on any atom is -0.399 e. The molecule has 1 aromatic heterocycles. The predicted molar refractivity (Wildman–Crippen MR) is 107 cm³/mol. The number of imidazole rings is 1. The van der Waals surface area contributed by atoms with E-state index in [1.54, 1.807) is 0 Å². The van der Waals surface area contributed by atoms with Crippen LogP contribution in [0, 0.1) is 0 Å². The summed E-state index contributed by atoms with van der Waals surface area (Å²) in [6.45, 7) is 9.45. The van der Waals surface area contributed by atoms with Crippen molar-refractivity contribution in [1.82, 2.24) is 14.8 Å². The van der Waals surface area contributed by atoms with Crippen molar-refractivity contribution in [2.45, 2.75) is 57.8 Å². The summed E-state index contributed by atoms with van der Waals surface area (Å²) < 4.78 is 12.3. The molecular formula is C19H27B2N3O2. The fourth-order valence-corrected chi connectivity index (χ4v) is 3.71. The van der Waals surface area contributed by atoms with Gasteiger partial charge in [-0.25, -0.2) is 4.98 Å². The summed E-state index contributed by atoms with van der Waals surface area (Å²) >= 11 is 0. The molecule has 4 rings (SSSR count). The third kappa shape index (κ3) is 3.02. The number of nitrogens with zero attached hydrogens (tertiary/aromatic N) is 2. The molecule has 2 saturated heterocycles. The van der Waals surface area contributed by atoms with Crippen LogP contribution in [0.25, 0.3) is 11.3 Å². The van der Waals surface area contributed by atoms with E-state index >= 15 is 0 Å². The second kappa shape index (κ2) is 6.25. The molecule has 26 heavy (non-hydrogen) atoms. The van der Waals surface area contributed by atoms with Gasteiger partial charge < -0.3 is 19.1 Å². The van der Waals surface area contributed by atoms with Crippen molar-refractivity contribution < 1.29 is 9.31 Å². The van der Waals surface area contributed by atoms with Gasteiger partial charge in [-0.15, -0.1) is 0 Å². The highest BCUT2D eigenvalue weighted by Crippen LogP contribution is 2.36. The summed E-state index contributed by atoms with van der Waals surface area (Å²) in [5.74, 6) is 1.06. The number of rotatable bonds is 3. The molecule has 136 valence electrons. The maximum Gasteiger partial charge on any atom is 0.494 e. The largest absolute Gasteiger partial charge is 0.494 e. The first-order chi connectivity index (χ1) is 12.3. The lowest BCUT2D eigenvalue weighted by atomic mass is 9.79. The molecule has 0 unspecified atom stereocenters. The molecule has 2 aliphatic rings. The van der Waals surface area contributed by atoms with Crippen LogP contribution in [0.15, 0.2) is 30.5 Å². The zero-order valence-electron chi connectivity index (χ0n) is 16.4. The quantitative estimate of drug-likeness (QED) is 0.861.